The standard InChI is InChI=1S/C29H31NO5/c1-6-32-23-12-10-22(11-13-23)30-24-15-21(20-9-14-25(31)26(16-20)33-7-2)17-27(34-8-3)29-19(5)35-18(4)28(24)29/h9-17,31H,6-8H2,1-5H3. The molecule has 0 aliphatic heterocycles. The highest BCUT2D eigenvalue weighted by atomic mass is 16.5. The van der Waals surface area contributed by atoms with E-state index in [2.05, 4.69) is 0 Å². The molecule has 4 rings (SSSR count). The molecule has 0 spiro atoms. The quantitative estimate of drug-likeness (QED) is 0.303. The lowest BCUT2D eigenvalue weighted by Gasteiger charge is -2.09. The van der Waals surface area contributed by atoms with Gasteiger partial charge in [-0.2, -0.15) is 0 Å². The minimum Gasteiger partial charge on any atom is -0.504 e. The van der Waals surface area contributed by atoms with Gasteiger partial charge in [-0.25, -0.2) is 4.99 Å². The molecule has 0 aliphatic rings. The monoisotopic (exact) mass is 473 g/mol. The molecule has 0 amide bonds. The summed E-state index contributed by atoms with van der Waals surface area (Å²) >= 11 is 0. The first kappa shape index (κ1) is 24.2. The van der Waals surface area contributed by atoms with Crippen LogP contribution in [0.1, 0.15) is 32.3 Å². The lowest BCUT2D eigenvalue weighted by atomic mass is 10.1. The number of nitrogens with zero attached hydrogens (tertiary/aromatic N) is 1. The van der Waals surface area contributed by atoms with Crippen molar-refractivity contribution >= 4 is 16.5 Å². The molecule has 35 heavy (non-hydrogen) atoms. The van der Waals surface area contributed by atoms with Crippen LogP contribution in [-0.2, 0) is 0 Å². The Kier molecular flexibility index (Phi) is 7.30. The second kappa shape index (κ2) is 10.6. The Labute approximate surface area is 205 Å². The summed E-state index contributed by atoms with van der Waals surface area (Å²) in [4.78, 5) is 5.00. The summed E-state index contributed by atoms with van der Waals surface area (Å²) in [5, 5.41) is 12.8. The lowest BCUT2D eigenvalue weighted by molar-refractivity contribution is 0.318. The molecule has 0 radical (unpaired) electrons. The van der Waals surface area contributed by atoms with Crippen molar-refractivity contribution in [1.82, 2.24) is 0 Å². The predicted octanol–water partition coefficient (Wildman–Crippen LogP) is 6.85. The van der Waals surface area contributed by atoms with Gasteiger partial charge in [-0.15, -0.1) is 0 Å². The Morgan fingerprint density at radius 2 is 1.34 bits per heavy atom. The fourth-order valence-corrected chi connectivity index (χ4v) is 4.18. The minimum absolute atomic E-state index is 0.101. The highest BCUT2D eigenvalue weighted by Crippen LogP contribution is 2.36. The van der Waals surface area contributed by atoms with Crippen molar-refractivity contribution in [3.8, 4) is 34.1 Å². The van der Waals surface area contributed by atoms with Gasteiger partial charge in [0.1, 0.15) is 23.0 Å². The van der Waals surface area contributed by atoms with Crippen molar-refractivity contribution in [2.45, 2.75) is 34.6 Å². The molecule has 6 heteroatoms. The van der Waals surface area contributed by atoms with E-state index in [1.165, 1.54) is 0 Å². The van der Waals surface area contributed by atoms with Gasteiger partial charge in [0.15, 0.2) is 11.5 Å². The van der Waals surface area contributed by atoms with Crippen molar-refractivity contribution in [2.75, 3.05) is 19.8 Å². The Bertz CT molecular complexity index is 1400. The zero-order valence-corrected chi connectivity index (χ0v) is 20.8. The molecule has 6 nitrogen and oxygen atoms in total. The average Bonchev–Trinajstić information content (AvgIpc) is 3.03. The third-order valence-electron chi connectivity index (χ3n) is 5.63. The molecule has 3 aromatic carbocycles. The molecule has 0 unspecified atom stereocenters. The van der Waals surface area contributed by atoms with Crippen LogP contribution < -0.4 is 19.6 Å². The van der Waals surface area contributed by atoms with Crippen LogP contribution in [0.5, 0.6) is 23.0 Å². The first-order chi connectivity index (χ1) is 16.9. The van der Waals surface area contributed by atoms with Crippen molar-refractivity contribution in [3.05, 3.63) is 71.5 Å². The maximum atomic E-state index is 10.2. The van der Waals surface area contributed by atoms with E-state index in [9.17, 15) is 5.11 Å². The molecule has 0 atom stereocenters. The average molecular weight is 474 g/mol. The third kappa shape index (κ3) is 5.11. The van der Waals surface area contributed by atoms with Crippen LogP contribution in [0, 0.1) is 13.8 Å². The Morgan fingerprint density at radius 3 is 2.03 bits per heavy atom. The number of ether oxygens (including phenoxy) is 3. The van der Waals surface area contributed by atoms with Crippen molar-refractivity contribution in [1.29, 1.82) is 0 Å². The predicted molar refractivity (Wildman–Crippen MR) is 138 cm³/mol. The molecule has 0 saturated heterocycles. The second-order valence-corrected chi connectivity index (χ2v) is 8.05. The zero-order chi connectivity index (χ0) is 24.9. The van der Waals surface area contributed by atoms with Gasteiger partial charge < -0.3 is 23.7 Å². The Morgan fingerprint density at radius 1 is 0.714 bits per heavy atom. The van der Waals surface area contributed by atoms with E-state index in [1.54, 1.807) is 6.07 Å². The zero-order valence-electron chi connectivity index (χ0n) is 20.8. The van der Waals surface area contributed by atoms with Crippen LogP contribution in [0.2, 0.25) is 0 Å². The topological polar surface area (TPSA) is 73.4 Å². The van der Waals surface area contributed by atoms with Crippen LogP contribution in [0.4, 0.5) is 5.69 Å². The molecular weight excluding hydrogens is 442 g/mol. The molecule has 0 bridgehead atoms. The van der Waals surface area contributed by atoms with Crippen LogP contribution in [0.25, 0.3) is 21.9 Å². The number of phenols is 1. The smallest absolute Gasteiger partial charge is 0.161 e. The molecule has 1 heterocycles. The highest BCUT2D eigenvalue weighted by molar-refractivity contribution is 5.93. The number of hydrogen-bond donors (Lipinski definition) is 1. The first-order valence-electron chi connectivity index (χ1n) is 11.9. The number of rotatable bonds is 8. The van der Waals surface area contributed by atoms with Crippen LogP contribution in [0.3, 0.4) is 0 Å². The second-order valence-electron chi connectivity index (χ2n) is 8.05. The minimum atomic E-state index is 0.101. The molecule has 1 N–H and O–H groups in total. The van der Waals surface area contributed by atoms with E-state index in [0.29, 0.717) is 31.3 Å². The summed E-state index contributed by atoms with van der Waals surface area (Å²) in [6, 6.07) is 17.0. The summed E-state index contributed by atoms with van der Waals surface area (Å²) in [5.41, 5.74) is 2.55. The van der Waals surface area contributed by atoms with Gasteiger partial charge in [0, 0.05) is 0 Å². The summed E-state index contributed by atoms with van der Waals surface area (Å²) < 4.78 is 23.3. The Hall–Kier alpha value is -3.93. The van der Waals surface area contributed by atoms with Gasteiger partial charge in [-0.05, 0) is 94.3 Å². The number of furan rings is 1. The summed E-state index contributed by atoms with van der Waals surface area (Å²) in [6.07, 6.45) is 0. The lowest BCUT2D eigenvalue weighted by Crippen LogP contribution is -2.00. The van der Waals surface area contributed by atoms with Crippen molar-refractivity contribution in [2.24, 2.45) is 4.99 Å². The van der Waals surface area contributed by atoms with Crippen molar-refractivity contribution in [3.63, 3.8) is 0 Å². The van der Waals surface area contributed by atoms with Gasteiger partial charge in [0.05, 0.1) is 41.6 Å². The maximum absolute atomic E-state index is 10.2. The summed E-state index contributed by atoms with van der Waals surface area (Å²) in [5.74, 6) is 3.59. The van der Waals surface area contributed by atoms with Gasteiger partial charge in [0.2, 0.25) is 0 Å². The molecule has 0 aliphatic carbocycles. The van der Waals surface area contributed by atoms with E-state index in [-0.39, 0.29) is 5.75 Å². The van der Waals surface area contributed by atoms with Crippen LogP contribution in [-0.4, -0.2) is 24.9 Å². The van der Waals surface area contributed by atoms with Gasteiger partial charge in [-0.3, -0.25) is 0 Å². The number of fused-ring (bicyclic) bond motifs is 1. The molecule has 182 valence electrons. The fraction of sp³-hybridized carbons (Fsp3) is 0.276. The molecule has 4 aromatic rings. The van der Waals surface area contributed by atoms with Gasteiger partial charge in [-0.1, -0.05) is 6.07 Å². The molecular formula is C29H31NO5. The SMILES string of the molecule is CCOc1ccc(N=c2cc(-c3ccc(O)c(OCC)c3)cc(OCC)c3c(C)oc(C)c23)cc1. The van der Waals surface area contributed by atoms with Crippen molar-refractivity contribution < 1.29 is 23.7 Å². The first-order valence-corrected chi connectivity index (χ1v) is 11.9. The normalized spacial score (nSPS) is 11.6. The molecule has 1 aromatic heterocycles. The highest BCUT2D eigenvalue weighted by Gasteiger charge is 2.16. The maximum Gasteiger partial charge on any atom is 0.161 e. The van der Waals surface area contributed by atoms with Gasteiger partial charge in [0.25, 0.3) is 0 Å². The van der Waals surface area contributed by atoms with Crippen LogP contribution >= 0.6 is 0 Å². The molecule has 0 saturated carbocycles. The number of aryl methyl sites for hydroxylation is 2. The van der Waals surface area contributed by atoms with Gasteiger partial charge >= 0.3 is 0 Å². The summed E-state index contributed by atoms with van der Waals surface area (Å²) in [6.45, 7) is 11.3. The summed E-state index contributed by atoms with van der Waals surface area (Å²) in [7, 11) is 0. The van der Waals surface area contributed by atoms with E-state index in [4.69, 9.17) is 23.6 Å². The van der Waals surface area contributed by atoms with E-state index < -0.39 is 0 Å². The third-order valence-corrected chi connectivity index (χ3v) is 5.63. The largest absolute Gasteiger partial charge is 0.504 e. The van der Waals surface area contributed by atoms with E-state index >= 15 is 0 Å². The van der Waals surface area contributed by atoms with E-state index in [0.717, 1.165) is 50.2 Å². The molecule has 0 fully saturated rings. The Balaban J connectivity index is 2.03. The van der Waals surface area contributed by atoms with E-state index in [1.807, 2.05) is 83.1 Å². The number of hydrogen-bond acceptors (Lipinski definition) is 6. The number of phenolic OH excluding ortho intramolecular Hbond substituents is 1. The number of benzene rings is 2. The van der Waals surface area contributed by atoms with Crippen LogP contribution in [0.15, 0.2) is 64.0 Å². The number of aromatic hydroxyl groups is 1. The fourth-order valence-electron chi connectivity index (χ4n) is 4.18.